The van der Waals surface area contributed by atoms with E-state index in [1.54, 1.807) is 75.5 Å². The predicted octanol–water partition coefficient (Wildman–Crippen LogP) is 8.84. The Morgan fingerprint density at radius 1 is 0.571 bits per heavy atom. The minimum absolute atomic E-state index is 0.0439. The van der Waals surface area contributed by atoms with E-state index >= 15 is 0 Å². The summed E-state index contributed by atoms with van der Waals surface area (Å²) in [5.74, 6) is -10.4. The van der Waals surface area contributed by atoms with Gasteiger partial charge in [-0.05, 0) is 120 Å². The van der Waals surface area contributed by atoms with E-state index < -0.39 is 97.8 Å². The Morgan fingerprint density at radius 2 is 0.929 bits per heavy atom. The molecule has 0 radical (unpaired) electrons. The number of unbranched alkanes of at least 4 members (excludes halogenated alkanes) is 7. The van der Waals surface area contributed by atoms with Gasteiger partial charge in [-0.1, -0.05) is 89.2 Å². The zero-order chi connectivity index (χ0) is 64.2. The third-order valence-electron chi connectivity index (χ3n) is 14.0. The molecule has 0 bridgehead atoms. The Labute approximate surface area is 514 Å². The van der Waals surface area contributed by atoms with Gasteiger partial charge in [0.1, 0.15) is 24.2 Å². The van der Waals surface area contributed by atoms with Crippen molar-refractivity contribution in [2.45, 2.75) is 243 Å². The Kier molecular flexibility index (Phi) is 34.6. The van der Waals surface area contributed by atoms with Crippen molar-refractivity contribution in [3.05, 3.63) is 0 Å². The van der Waals surface area contributed by atoms with Gasteiger partial charge < -0.3 is 39.3 Å². The lowest BCUT2D eigenvalue weighted by Gasteiger charge is -2.33. The highest BCUT2D eigenvalue weighted by atomic mass is 32.2. The second-order valence-corrected chi connectivity index (χ2v) is 29.0. The van der Waals surface area contributed by atoms with Crippen molar-refractivity contribution in [1.82, 2.24) is 20.8 Å². The third-order valence-corrected chi connectivity index (χ3v) is 18.1. The molecule has 0 aromatic heterocycles. The summed E-state index contributed by atoms with van der Waals surface area (Å²) < 4.78 is 18.4. The monoisotopic (exact) mass is 1260 g/mol. The number of hydrogen-bond acceptors (Lipinski definition) is 22. The van der Waals surface area contributed by atoms with Gasteiger partial charge in [0.05, 0.1) is 26.1 Å². The lowest BCUT2D eigenvalue weighted by atomic mass is 9.81. The van der Waals surface area contributed by atoms with Crippen LogP contribution in [0.4, 0.5) is 0 Å². The van der Waals surface area contributed by atoms with E-state index in [9.17, 15) is 57.5 Å². The van der Waals surface area contributed by atoms with E-state index in [-0.39, 0.29) is 93.9 Å². The average molecular weight is 1260 g/mol. The Morgan fingerprint density at radius 3 is 1.27 bits per heavy atom. The van der Waals surface area contributed by atoms with Crippen molar-refractivity contribution in [3.8, 4) is 0 Å². The second-order valence-electron chi connectivity index (χ2n) is 23.5. The molecule has 0 spiro atoms. The molecule has 7 unspecified atom stereocenters. The van der Waals surface area contributed by atoms with Crippen LogP contribution < -0.4 is 10.6 Å². The highest BCUT2D eigenvalue weighted by molar-refractivity contribution is 8.47. The number of carbonyl (C=O) groups is 12. The fourth-order valence-electron chi connectivity index (χ4n) is 9.56. The fourth-order valence-corrected chi connectivity index (χ4v) is 13.9. The first kappa shape index (κ1) is 77.2. The number of rotatable bonds is 38. The van der Waals surface area contributed by atoms with Gasteiger partial charge in [-0.25, -0.2) is 9.59 Å². The van der Waals surface area contributed by atoms with Gasteiger partial charge in [0.2, 0.25) is 11.8 Å². The molecule has 2 fully saturated rings. The van der Waals surface area contributed by atoms with E-state index in [4.69, 9.17) is 40.8 Å². The number of hydrogen-bond donors (Lipinski definition) is 2. The number of amides is 6. The normalized spacial score (nSPS) is 16.9. The minimum Gasteiger partial charge on any atom is -0.468 e. The quantitative estimate of drug-likeness (QED) is 0.0146. The molecule has 22 nitrogen and oxygen atoms in total. The summed E-state index contributed by atoms with van der Waals surface area (Å²) in [6, 6.07) is -0.426. The smallest absolute Gasteiger partial charge is 0.336 e. The summed E-state index contributed by atoms with van der Waals surface area (Å²) >= 11 is 9.50. The predicted molar refractivity (Wildman–Crippen MR) is 324 cm³/mol. The molecule has 0 aliphatic carbocycles. The number of carbonyl (C=O) groups excluding carboxylic acids is 12. The van der Waals surface area contributed by atoms with E-state index in [1.807, 2.05) is 0 Å². The standard InChI is InChI=1S/C35H58N2O9S3.C23H36N2O9S/c1-9-10-11-12-13-14-15-16-17-25(4)48-33(47)49-35(7,32(43)44-8)22-27(31(42)46-37-28(39)18-19-29(37)40)20-26(30(41)36-24(2)3)21-34(5,6)45-23-38;1-14(2)24-19(29)15(11-22(3,4)33-13-26)10-16(12-23(5,35-7)21(31)32-6)20(30)34-25-17(27)8-9-18(25)28/h23-27H,9-22H2,1-8H3,(H,36,41);13-16H,8-12H2,1-7H3,(H,24,29). The topological polar surface area (TPSA) is 291 Å². The van der Waals surface area contributed by atoms with Crippen molar-refractivity contribution >= 4 is 123 Å². The molecule has 2 N–H and O–H groups in total. The number of ether oxygens (including phenoxy) is 4. The van der Waals surface area contributed by atoms with Crippen LogP contribution in [0, 0.1) is 23.7 Å². The molecule has 0 aromatic rings. The number of nitrogens with zero attached hydrogens (tertiary/aromatic N) is 2. The molecule has 2 saturated heterocycles. The molecule has 0 aromatic carbocycles. The van der Waals surface area contributed by atoms with Crippen LogP contribution in [-0.4, -0.2) is 144 Å². The summed E-state index contributed by atoms with van der Waals surface area (Å²) in [5, 5.41) is 6.75. The van der Waals surface area contributed by atoms with Crippen molar-refractivity contribution in [2.75, 3.05) is 20.5 Å². The van der Waals surface area contributed by atoms with Gasteiger partial charge in [0.25, 0.3) is 36.6 Å². The highest BCUT2D eigenvalue weighted by Crippen LogP contribution is 2.42. The van der Waals surface area contributed by atoms with Gasteiger partial charge in [-0.3, -0.25) is 47.9 Å². The zero-order valence-corrected chi connectivity index (χ0v) is 55.3. The molecular formula is C58H94N4O18S4. The van der Waals surface area contributed by atoms with Crippen LogP contribution >= 0.6 is 47.5 Å². The lowest BCUT2D eigenvalue weighted by molar-refractivity contribution is -0.201. The molecule has 84 heavy (non-hydrogen) atoms. The van der Waals surface area contributed by atoms with Crippen LogP contribution in [0.25, 0.3) is 0 Å². The molecule has 2 heterocycles. The van der Waals surface area contributed by atoms with Crippen molar-refractivity contribution < 1.29 is 86.2 Å². The fraction of sp³-hybridized carbons (Fsp3) is 0.776. The Balaban J connectivity index is 0.000000888. The summed E-state index contributed by atoms with van der Waals surface area (Å²) in [7, 11) is 2.47. The minimum atomic E-state index is -1.38. The van der Waals surface area contributed by atoms with Crippen LogP contribution in [0.2, 0.25) is 0 Å². The first-order valence-corrected chi connectivity index (χ1v) is 32.1. The third kappa shape index (κ3) is 27.7. The molecule has 26 heteroatoms. The number of hydroxylamine groups is 4. The van der Waals surface area contributed by atoms with Crippen LogP contribution in [0.15, 0.2) is 0 Å². The van der Waals surface area contributed by atoms with E-state index in [0.717, 1.165) is 42.8 Å². The van der Waals surface area contributed by atoms with Crippen molar-refractivity contribution in [3.63, 3.8) is 0 Å². The number of nitrogens with one attached hydrogen (secondary N) is 2. The number of imide groups is 2. The van der Waals surface area contributed by atoms with E-state index in [2.05, 4.69) is 24.5 Å². The molecular weight excluding hydrogens is 1170 g/mol. The number of thiocarbonyl (C=S) groups is 1. The zero-order valence-electron chi connectivity index (χ0n) is 52.0. The molecule has 2 aliphatic heterocycles. The van der Waals surface area contributed by atoms with Gasteiger partial charge in [0, 0.05) is 54.9 Å². The van der Waals surface area contributed by atoms with Gasteiger partial charge in [0.15, 0.2) is 0 Å². The number of thioether (sulfide) groups is 3. The number of esters is 2. The summed E-state index contributed by atoms with van der Waals surface area (Å²) in [4.78, 5) is 161. The molecule has 2 rings (SSSR count). The molecule has 7 atom stereocenters. The SMILES string of the molecule is CCCCCCCCCCC(C)SC(=S)SC(C)(CC(CC(CC(C)(C)OC=O)C(=O)NC(C)C)C(=O)ON1C(=O)CCC1=O)C(=O)OC.COC(=O)C(C)(CC(CC(CC(C)(C)OC=O)C(=O)NC(C)C)C(=O)ON1C(=O)CCC1=O)SC. The van der Waals surface area contributed by atoms with Crippen LogP contribution in [0.3, 0.4) is 0 Å². The summed E-state index contributed by atoms with van der Waals surface area (Å²) in [6.45, 7) is 21.8. The van der Waals surface area contributed by atoms with Crippen LogP contribution in [-0.2, 0) is 86.2 Å². The number of methoxy groups -OCH3 is 2. The van der Waals surface area contributed by atoms with E-state index in [0.29, 0.717) is 20.1 Å². The maximum atomic E-state index is 13.8. The first-order valence-electron chi connectivity index (χ1n) is 28.8. The second kappa shape index (κ2) is 37.7. The maximum Gasteiger partial charge on any atom is 0.336 e. The summed E-state index contributed by atoms with van der Waals surface area (Å²) in [5.41, 5.74) is -2.10. The van der Waals surface area contributed by atoms with Crippen LogP contribution in [0.5, 0.6) is 0 Å². The average Bonchev–Trinajstić information content (AvgIpc) is 3.87. The highest BCUT2D eigenvalue weighted by Gasteiger charge is 2.47. The van der Waals surface area contributed by atoms with E-state index in [1.165, 1.54) is 64.5 Å². The molecule has 478 valence electrons. The molecule has 6 amide bonds. The Bertz CT molecular complexity index is 2230. The molecule has 2 aliphatic rings. The van der Waals surface area contributed by atoms with Gasteiger partial charge in [-0.2, -0.15) is 0 Å². The molecule has 0 saturated carbocycles. The van der Waals surface area contributed by atoms with Crippen molar-refractivity contribution in [1.29, 1.82) is 0 Å². The largest absolute Gasteiger partial charge is 0.468 e. The van der Waals surface area contributed by atoms with Crippen molar-refractivity contribution in [2.24, 2.45) is 23.7 Å². The first-order chi connectivity index (χ1) is 39.2. The van der Waals surface area contributed by atoms with Gasteiger partial charge >= 0.3 is 23.9 Å². The maximum absolute atomic E-state index is 13.8. The van der Waals surface area contributed by atoms with Crippen LogP contribution in [0.1, 0.15) is 205 Å². The van der Waals surface area contributed by atoms with Gasteiger partial charge in [-0.15, -0.1) is 33.7 Å². The lowest BCUT2D eigenvalue weighted by Crippen LogP contribution is -2.44. The Hall–Kier alpha value is -4.82. The summed E-state index contributed by atoms with van der Waals surface area (Å²) in [6.07, 6.45) is 11.7.